The lowest BCUT2D eigenvalue weighted by atomic mass is 9.78. The predicted molar refractivity (Wildman–Crippen MR) is 114 cm³/mol. The van der Waals surface area contributed by atoms with Gasteiger partial charge in [-0.15, -0.1) is 0 Å². The Labute approximate surface area is 165 Å². The van der Waals surface area contributed by atoms with Crippen LogP contribution in [0.25, 0.3) is 0 Å². The maximum absolute atomic E-state index is 5.18. The molecule has 1 aliphatic rings. The summed E-state index contributed by atoms with van der Waals surface area (Å²) in [5.74, 6) is 9.29. The monoisotopic (exact) mass is 360 g/mol. The van der Waals surface area contributed by atoms with E-state index in [1.807, 2.05) is 24.3 Å². The van der Waals surface area contributed by atoms with E-state index in [0.717, 1.165) is 28.7 Å². The van der Waals surface area contributed by atoms with E-state index >= 15 is 0 Å². The van der Waals surface area contributed by atoms with Gasteiger partial charge in [-0.3, -0.25) is 0 Å². The minimum atomic E-state index is 0.865. The van der Waals surface area contributed by atoms with Crippen LogP contribution in [-0.2, 0) is 6.42 Å². The van der Waals surface area contributed by atoms with Crippen molar-refractivity contribution in [1.82, 2.24) is 0 Å². The van der Waals surface area contributed by atoms with Gasteiger partial charge < -0.3 is 4.74 Å². The van der Waals surface area contributed by atoms with Crippen LogP contribution in [0.15, 0.2) is 48.5 Å². The Hall–Kier alpha value is -2.20. The van der Waals surface area contributed by atoms with Crippen LogP contribution >= 0.6 is 0 Å². The first-order valence-corrected chi connectivity index (χ1v) is 10.5. The molecule has 0 bridgehead atoms. The van der Waals surface area contributed by atoms with Gasteiger partial charge in [0.15, 0.2) is 0 Å². The average molecular weight is 361 g/mol. The van der Waals surface area contributed by atoms with Gasteiger partial charge in [0.05, 0.1) is 7.11 Å². The van der Waals surface area contributed by atoms with E-state index in [-0.39, 0.29) is 0 Å². The smallest absolute Gasteiger partial charge is 0.118 e. The number of ether oxygens (including phenoxy) is 1. The summed E-state index contributed by atoms with van der Waals surface area (Å²) in [7, 11) is 1.68. The molecule has 0 amide bonds. The fourth-order valence-corrected chi connectivity index (χ4v) is 4.16. The molecule has 142 valence electrons. The van der Waals surface area contributed by atoms with Gasteiger partial charge in [0, 0.05) is 11.1 Å². The molecule has 2 aromatic carbocycles. The molecule has 1 aliphatic carbocycles. The molecule has 0 atom stereocenters. The Morgan fingerprint density at radius 2 is 1.30 bits per heavy atom. The van der Waals surface area contributed by atoms with Gasteiger partial charge in [0.1, 0.15) is 5.75 Å². The second-order valence-corrected chi connectivity index (χ2v) is 7.89. The number of rotatable bonds is 6. The lowest BCUT2D eigenvalue weighted by Gasteiger charge is -2.28. The lowest BCUT2D eigenvalue weighted by molar-refractivity contribution is 0.252. The molecule has 2 aromatic rings. The number of hydrogen-bond donors (Lipinski definition) is 0. The van der Waals surface area contributed by atoms with Gasteiger partial charge in [-0.2, -0.15) is 0 Å². The van der Waals surface area contributed by atoms with Crippen LogP contribution in [0.4, 0.5) is 0 Å². The largest absolute Gasteiger partial charge is 0.497 e. The predicted octanol–water partition coefficient (Wildman–Crippen LogP) is 6.63. The number of methoxy groups -OCH3 is 1. The van der Waals surface area contributed by atoms with E-state index in [2.05, 4.69) is 43.0 Å². The highest BCUT2D eigenvalue weighted by molar-refractivity contribution is 5.44. The Balaban J connectivity index is 1.47. The molecule has 0 aliphatic heterocycles. The molecule has 1 fully saturated rings. The molecule has 0 saturated heterocycles. The van der Waals surface area contributed by atoms with E-state index in [4.69, 9.17) is 4.74 Å². The second kappa shape index (κ2) is 10.2. The molecular weight excluding hydrogens is 328 g/mol. The molecule has 0 heterocycles. The summed E-state index contributed by atoms with van der Waals surface area (Å²) in [6, 6.07) is 16.7. The van der Waals surface area contributed by atoms with Gasteiger partial charge in [0.25, 0.3) is 0 Å². The molecule has 3 rings (SSSR count). The first kappa shape index (κ1) is 19.6. The van der Waals surface area contributed by atoms with Crippen molar-refractivity contribution >= 4 is 0 Å². The first-order valence-electron chi connectivity index (χ1n) is 10.5. The maximum Gasteiger partial charge on any atom is 0.118 e. The van der Waals surface area contributed by atoms with Crippen LogP contribution in [0.1, 0.15) is 68.6 Å². The zero-order valence-electron chi connectivity index (χ0n) is 16.8. The summed E-state index contributed by atoms with van der Waals surface area (Å²) in [5.41, 5.74) is 3.54. The standard InChI is InChI=1S/C26H32O/c1-3-4-21-5-7-22(8-6-21)9-10-23-11-13-24(14-12-23)15-16-25-17-19-26(27-2)20-18-25/h11-14,17-22H,3-10H2,1-2H3. The fourth-order valence-electron chi connectivity index (χ4n) is 4.16. The minimum absolute atomic E-state index is 0.865. The summed E-state index contributed by atoms with van der Waals surface area (Å²) >= 11 is 0. The van der Waals surface area contributed by atoms with Crippen molar-refractivity contribution in [2.45, 2.75) is 58.3 Å². The summed E-state index contributed by atoms with van der Waals surface area (Å²) < 4.78 is 5.18. The van der Waals surface area contributed by atoms with E-state index < -0.39 is 0 Å². The lowest BCUT2D eigenvalue weighted by Crippen LogP contribution is -2.15. The van der Waals surface area contributed by atoms with Gasteiger partial charge in [-0.25, -0.2) is 0 Å². The summed E-state index contributed by atoms with van der Waals surface area (Å²) in [5, 5.41) is 0. The van der Waals surface area contributed by atoms with Crippen LogP contribution in [0.5, 0.6) is 5.75 Å². The van der Waals surface area contributed by atoms with Crippen molar-refractivity contribution in [3.63, 3.8) is 0 Å². The maximum atomic E-state index is 5.18. The molecular formula is C26H32O. The molecule has 0 spiro atoms. The summed E-state index contributed by atoms with van der Waals surface area (Å²) in [6.45, 7) is 2.32. The second-order valence-electron chi connectivity index (χ2n) is 7.89. The number of hydrogen-bond acceptors (Lipinski definition) is 1. The van der Waals surface area contributed by atoms with Crippen LogP contribution in [0, 0.1) is 23.7 Å². The number of benzene rings is 2. The van der Waals surface area contributed by atoms with Gasteiger partial charge in [-0.1, -0.05) is 69.4 Å². The van der Waals surface area contributed by atoms with Crippen molar-refractivity contribution in [3.8, 4) is 17.6 Å². The Bertz CT molecular complexity index is 738. The number of aryl methyl sites for hydroxylation is 1. The molecule has 0 N–H and O–H groups in total. The highest BCUT2D eigenvalue weighted by atomic mass is 16.5. The Morgan fingerprint density at radius 1 is 0.778 bits per heavy atom. The Kier molecular flexibility index (Phi) is 7.40. The summed E-state index contributed by atoms with van der Waals surface area (Å²) in [6.07, 6.45) is 11.1. The average Bonchev–Trinajstić information content (AvgIpc) is 2.73. The van der Waals surface area contributed by atoms with Crippen molar-refractivity contribution in [2.75, 3.05) is 7.11 Å². The van der Waals surface area contributed by atoms with Gasteiger partial charge >= 0.3 is 0 Å². The first-order chi connectivity index (χ1) is 13.3. The molecule has 0 radical (unpaired) electrons. The van der Waals surface area contributed by atoms with E-state index in [9.17, 15) is 0 Å². The zero-order chi connectivity index (χ0) is 18.9. The Morgan fingerprint density at radius 3 is 1.81 bits per heavy atom. The molecule has 1 saturated carbocycles. The third-order valence-corrected chi connectivity index (χ3v) is 5.90. The van der Waals surface area contributed by atoms with E-state index in [1.54, 1.807) is 7.11 Å². The molecule has 0 aromatic heterocycles. The van der Waals surface area contributed by atoms with Crippen molar-refractivity contribution < 1.29 is 4.74 Å². The van der Waals surface area contributed by atoms with Crippen molar-refractivity contribution in [1.29, 1.82) is 0 Å². The van der Waals surface area contributed by atoms with Gasteiger partial charge in [-0.05, 0) is 66.6 Å². The topological polar surface area (TPSA) is 9.23 Å². The van der Waals surface area contributed by atoms with E-state index in [1.165, 1.54) is 56.9 Å². The van der Waals surface area contributed by atoms with Crippen molar-refractivity contribution in [2.24, 2.45) is 11.8 Å². The van der Waals surface area contributed by atoms with Gasteiger partial charge in [0.2, 0.25) is 0 Å². The third-order valence-electron chi connectivity index (χ3n) is 5.90. The molecule has 1 nitrogen and oxygen atoms in total. The van der Waals surface area contributed by atoms with Crippen LogP contribution in [-0.4, -0.2) is 7.11 Å². The SMILES string of the molecule is CCCC1CCC(CCc2ccc(C#Cc3ccc(OC)cc3)cc2)CC1. The van der Waals surface area contributed by atoms with Crippen molar-refractivity contribution in [3.05, 3.63) is 65.2 Å². The highest BCUT2D eigenvalue weighted by Gasteiger charge is 2.20. The third kappa shape index (κ3) is 6.17. The molecule has 0 unspecified atom stereocenters. The van der Waals surface area contributed by atoms with E-state index in [0.29, 0.717) is 0 Å². The zero-order valence-corrected chi connectivity index (χ0v) is 16.8. The minimum Gasteiger partial charge on any atom is -0.497 e. The quantitative estimate of drug-likeness (QED) is 0.525. The molecule has 27 heavy (non-hydrogen) atoms. The van der Waals surface area contributed by atoms with Crippen LogP contribution in [0.2, 0.25) is 0 Å². The molecule has 1 heteroatoms. The van der Waals surface area contributed by atoms with Crippen LogP contribution < -0.4 is 4.74 Å². The highest BCUT2D eigenvalue weighted by Crippen LogP contribution is 2.33. The van der Waals surface area contributed by atoms with Crippen LogP contribution in [0.3, 0.4) is 0 Å². The summed E-state index contributed by atoms with van der Waals surface area (Å²) in [4.78, 5) is 0. The normalized spacial score (nSPS) is 19.2. The fraction of sp³-hybridized carbons (Fsp3) is 0.462.